The molecule has 2 aromatic rings. The van der Waals surface area contributed by atoms with Gasteiger partial charge in [-0.05, 0) is 30.7 Å². The predicted octanol–water partition coefficient (Wildman–Crippen LogP) is 3.30. The molecule has 0 saturated carbocycles. The third kappa shape index (κ3) is 3.49. The fourth-order valence-electron chi connectivity index (χ4n) is 1.85. The SMILES string of the molecule is CCCOc1cncc(C(O)c2cc(Br)ccc2N)c1. The van der Waals surface area contributed by atoms with Gasteiger partial charge in [-0.1, -0.05) is 22.9 Å². The van der Waals surface area contributed by atoms with Crippen LogP contribution in [-0.2, 0) is 0 Å². The molecule has 4 nitrogen and oxygen atoms in total. The second-order valence-electron chi connectivity index (χ2n) is 4.48. The Morgan fingerprint density at radius 2 is 2.15 bits per heavy atom. The van der Waals surface area contributed by atoms with E-state index >= 15 is 0 Å². The number of aliphatic hydroxyl groups excluding tert-OH is 1. The number of hydrogen-bond donors (Lipinski definition) is 2. The summed E-state index contributed by atoms with van der Waals surface area (Å²) in [4.78, 5) is 4.10. The molecule has 1 aromatic heterocycles. The quantitative estimate of drug-likeness (QED) is 0.822. The minimum atomic E-state index is -0.829. The van der Waals surface area contributed by atoms with Gasteiger partial charge in [0.15, 0.2) is 0 Å². The summed E-state index contributed by atoms with van der Waals surface area (Å²) in [6.45, 7) is 2.66. The summed E-state index contributed by atoms with van der Waals surface area (Å²) in [5.41, 5.74) is 7.76. The van der Waals surface area contributed by atoms with Crippen molar-refractivity contribution in [3.63, 3.8) is 0 Å². The van der Waals surface area contributed by atoms with Crippen LogP contribution in [-0.4, -0.2) is 16.7 Å². The molecular formula is C15H17BrN2O2. The van der Waals surface area contributed by atoms with E-state index in [1.807, 2.05) is 13.0 Å². The monoisotopic (exact) mass is 336 g/mol. The second kappa shape index (κ2) is 6.72. The van der Waals surface area contributed by atoms with Crippen molar-refractivity contribution in [3.05, 3.63) is 52.3 Å². The Morgan fingerprint density at radius 3 is 2.90 bits per heavy atom. The lowest BCUT2D eigenvalue weighted by Gasteiger charge is -2.15. The highest BCUT2D eigenvalue weighted by Gasteiger charge is 2.15. The van der Waals surface area contributed by atoms with E-state index < -0.39 is 6.10 Å². The molecule has 0 aliphatic carbocycles. The number of halogens is 1. The van der Waals surface area contributed by atoms with Gasteiger partial charge in [-0.3, -0.25) is 4.98 Å². The largest absolute Gasteiger partial charge is 0.492 e. The third-order valence-electron chi connectivity index (χ3n) is 2.87. The zero-order chi connectivity index (χ0) is 14.5. The Balaban J connectivity index is 2.28. The van der Waals surface area contributed by atoms with Crippen molar-refractivity contribution in [2.45, 2.75) is 19.4 Å². The van der Waals surface area contributed by atoms with Gasteiger partial charge in [-0.2, -0.15) is 0 Å². The minimum absolute atomic E-state index is 0.542. The average Bonchev–Trinajstić information content (AvgIpc) is 2.47. The molecule has 106 valence electrons. The van der Waals surface area contributed by atoms with E-state index in [0.29, 0.717) is 29.2 Å². The summed E-state index contributed by atoms with van der Waals surface area (Å²) in [5.74, 6) is 0.650. The Morgan fingerprint density at radius 1 is 1.35 bits per heavy atom. The Hall–Kier alpha value is -1.59. The van der Waals surface area contributed by atoms with Gasteiger partial charge in [-0.15, -0.1) is 0 Å². The molecule has 5 heteroatoms. The van der Waals surface area contributed by atoms with Crippen molar-refractivity contribution in [2.24, 2.45) is 0 Å². The van der Waals surface area contributed by atoms with Gasteiger partial charge in [-0.25, -0.2) is 0 Å². The molecule has 0 amide bonds. The third-order valence-corrected chi connectivity index (χ3v) is 3.36. The van der Waals surface area contributed by atoms with E-state index in [9.17, 15) is 5.11 Å². The highest BCUT2D eigenvalue weighted by Crippen LogP contribution is 2.30. The van der Waals surface area contributed by atoms with E-state index in [1.54, 1.807) is 30.6 Å². The van der Waals surface area contributed by atoms with Crippen LogP contribution in [0.4, 0.5) is 5.69 Å². The molecule has 0 aliphatic rings. The van der Waals surface area contributed by atoms with E-state index in [0.717, 1.165) is 10.9 Å². The van der Waals surface area contributed by atoms with Gasteiger partial charge in [0.2, 0.25) is 0 Å². The molecule has 1 atom stereocenters. The number of nitrogens with zero attached hydrogens (tertiary/aromatic N) is 1. The number of aromatic nitrogens is 1. The van der Waals surface area contributed by atoms with Crippen LogP contribution in [0, 0.1) is 0 Å². The summed E-state index contributed by atoms with van der Waals surface area (Å²) in [7, 11) is 0. The maximum atomic E-state index is 10.5. The van der Waals surface area contributed by atoms with E-state index in [1.165, 1.54) is 0 Å². The molecule has 1 heterocycles. The molecule has 3 N–H and O–H groups in total. The molecule has 1 aromatic carbocycles. The maximum absolute atomic E-state index is 10.5. The fraction of sp³-hybridized carbons (Fsp3) is 0.267. The van der Waals surface area contributed by atoms with Crippen molar-refractivity contribution in [1.82, 2.24) is 4.98 Å². The zero-order valence-electron chi connectivity index (χ0n) is 11.2. The number of aliphatic hydroxyl groups is 1. The van der Waals surface area contributed by atoms with Crippen LogP contribution in [0.2, 0.25) is 0 Å². The average molecular weight is 337 g/mol. The predicted molar refractivity (Wildman–Crippen MR) is 82.6 cm³/mol. The van der Waals surface area contributed by atoms with Crippen LogP contribution in [0.3, 0.4) is 0 Å². The van der Waals surface area contributed by atoms with Crippen molar-refractivity contribution in [2.75, 3.05) is 12.3 Å². The first-order valence-corrected chi connectivity index (χ1v) is 7.22. The van der Waals surface area contributed by atoms with Gasteiger partial charge >= 0.3 is 0 Å². The lowest BCUT2D eigenvalue weighted by molar-refractivity contribution is 0.219. The molecule has 0 spiro atoms. The van der Waals surface area contributed by atoms with E-state index in [-0.39, 0.29) is 0 Å². The van der Waals surface area contributed by atoms with Crippen molar-refractivity contribution in [1.29, 1.82) is 0 Å². The summed E-state index contributed by atoms with van der Waals surface area (Å²) in [6, 6.07) is 7.19. The van der Waals surface area contributed by atoms with Gasteiger partial charge < -0.3 is 15.6 Å². The molecule has 0 radical (unpaired) electrons. The van der Waals surface area contributed by atoms with E-state index in [4.69, 9.17) is 10.5 Å². The summed E-state index contributed by atoms with van der Waals surface area (Å²) < 4.78 is 6.39. The molecule has 20 heavy (non-hydrogen) atoms. The lowest BCUT2D eigenvalue weighted by atomic mass is 10.0. The van der Waals surface area contributed by atoms with Crippen molar-refractivity contribution in [3.8, 4) is 5.75 Å². The van der Waals surface area contributed by atoms with E-state index in [2.05, 4.69) is 20.9 Å². The summed E-state index contributed by atoms with van der Waals surface area (Å²) >= 11 is 3.38. The fourth-order valence-corrected chi connectivity index (χ4v) is 2.22. The van der Waals surface area contributed by atoms with Crippen molar-refractivity contribution >= 4 is 21.6 Å². The molecule has 0 fully saturated rings. The first-order valence-electron chi connectivity index (χ1n) is 6.42. The Labute approximate surface area is 126 Å². The van der Waals surface area contributed by atoms with Crippen LogP contribution in [0.15, 0.2) is 41.1 Å². The molecule has 0 saturated heterocycles. The standard InChI is InChI=1S/C15H17BrN2O2/c1-2-5-20-12-6-10(8-18-9-12)15(19)13-7-11(16)3-4-14(13)17/h3-4,6-9,15,19H,2,5,17H2,1H3. The van der Waals surface area contributed by atoms with Crippen LogP contribution < -0.4 is 10.5 Å². The first kappa shape index (κ1) is 14.8. The van der Waals surface area contributed by atoms with Crippen molar-refractivity contribution < 1.29 is 9.84 Å². The smallest absolute Gasteiger partial charge is 0.137 e. The lowest BCUT2D eigenvalue weighted by Crippen LogP contribution is -2.05. The maximum Gasteiger partial charge on any atom is 0.137 e. The van der Waals surface area contributed by atoms with Crippen LogP contribution >= 0.6 is 15.9 Å². The highest BCUT2D eigenvalue weighted by molar-refractivity contribution is 9.10. The van der Waals surface area contributed by atoms with Gasteiger partial charge in [0, 0.05) is 27.5 Å². The zero-order valence-corrected chi connectivity index (χ0v) is 12.8. The number of nitrogen functional groups attached to an aromatic ring is 1. The number of benzene rings is 1. The molecule has 1 unspecified atom stereocenters. The number of ether oxygens (including phenoxy) is 1. The second-order valence-corrected chi connectivity index (χ2v) is 5.39. The van der Waals surface area contributed by atoms with Crippen LogP contribution in [0.25, 0.3) is 0 Å². The number of anilines is 1. The van der Waals surface area contributed by atoms with Crippen LogP contribution in [0.1, 0.15) is 30.6 Å². The number of rotatable bonds is 5. The number of pyridine rings is 1. The normalized spacial score (nSPS) is 12.2. The van der Waals surface area contributed by atoms with Gasteiger partial charge in [0.25, 0.3) is 0 Å². The molecule has 0 aliphatic heterocycles. The van der Waals surface area contributed by atoms with Gasteiger partial charge in [0.05, 0.1) is 12.8 Å². The number of hydrogen-bond acceptors (Lipinski definition) is 4. The molecular weight excluding hydrogens is 320 g/mol. The highest BCUT2D eigenvalue weighted by atomic mass is 79.9. The Bertz CT molecular complexity index is 590. The molecule has 0 bridgehead atoms. The first-order chi connectivity index (χ1) is 9.61. The topological polar surface area (TPSA) is 68.4 Å². The molecule has 2 rings (SSSR count). The Kier molecular flexibility index (Phi) is 4.98. The number of nitrogens with two attached hydrogens (primary N) is 1. The summed E-state index contributed by atoms with van der Waals surface area (Å²) in [5, 5.41) is 10.5. The van der Waals surface area contributed by atoms with Gasteiger partial charge in [0.1, 0.15) is 11.9 Å². The van der Waals surface area contributed by atoms with Crippen LogP contribution in [0.5, 0.6) is 5.75 Å². The summed E-state index contributed by atoms with van der Waals surface area (Å²) in [6.07, 6.45) is 3.34. The minimum Gasteiger partial charge on any atom is -0.492 e.